The van der Waals surface area contributed by atoms with Crippen molar-refractivity contribution < 1.29 is 22.7 Å². The fourth-order valence-electron chi connectivity index (χ4n) is 4.05. The molecule has 1 saturated heterocycles. The molecule has 0 saturated carbocycles. The molecule has 1 aliphatic rings. The van der Waals surface area contributed by atoms with Gasteiger partial charge in [0.2, 0.25) is 0 Å². The van der Waals surface area contributed by atoms with E-state index in [0.717, 1.165) is 15.3 Å². The molecule has 25 heavy (non-hydrogen) atoms. The third kappa shape index (κ3) is 4.31. The van der Waals surface area contributed by atoms with Crippen LogP contribution in [0.4, 0.5) is 13.2 Å². The zero-order valence-electron chi connectivity index (χ0n) is 14.7. The van der Waals surface area contributed by atoms with E-state index in [9.17, 15) is 18.0 Å². The minimum Gasteiger partial charge on any atom is -0.384 e. The highest BCUT2D eigenvalue weighted by Crippen LogP contribution is 2.46. The number of hydrogen-bond acceptors (Lipinski definition) is 3. The molecule has 3 nitrogen and oxygen atoms in total. The third-order valence-electron chi connectivity index (χ3n) is 4.82. The van der Waals surface area contributed by atoms with Crippen molar-refractivity contribution in [1.82, 2.24) is 4.90 Å². The Morgan fingerprint density at radius 2 is 1.96 bits per heavy atom. The van der Waals surface area contributed by atoms with Crippen molar-refractivity contribution in [2.75, 3.05) is 13.7 Å². The number of alkyl halides is 3. The van der Waals surface area contributed by atoms with Gasteiger partial charge in [-0.2, -0.15) is 13.2 Å². The smallest absolute Gasteiger partial charge is 0.384 e. The molecule has 2 atom stereocenters. The van der Waals surface area contributed by atoms with Crippen LogP contribution in [0, 0.1) is 0 Å². The van der Waals surface area contributed by atoms with Gasteiger partial charge in [-0.15, -0.1) is 11.3 Å². The number of rotatable bonds is 4. The molecule has 0 radical (unpaired) electrons. The molecule has 0 spiro atoms. The lowest BCUT2D eigenvalue weighted by Gasteiger charge is -2.48. The second-order valence-electron chi connectivity index (χ2n) is 7.02. The fourth-order valence-corrected chi connectivity index (χ4v) is 5.52. The maximum Gasteiger partial charge on any atom is 0.471 e. The summed E-state index contributed by atoms with van der Waals surface area (Å²) < 4.78 is 44.5. The molecule has 1 aromatic rings. The predicted octanol–water partition coefficient (Wildman–Crippen LogP) is 4.81. The van der Waals surface area contributed by atoms with Crippen molar-refractivity contribution in [2.45, 2.75) is 63.7 Å². The van der Waals surface area contributed by atoms with E-state index >= 15 is 0 Å². The van der Waals surface area contributed by atoms with Crippen LogP contribution in [0.1, 0.15) is 44.1 Å². The summed E-state index contributed by atoms with van der Waals surface area (Å²) in [4.78, 5) is 13.8. The fraction of sp³-hybridized carbons (Fsp3) is 0.706. The summed E-state index contributed by atoms with van der Waals surface area (Å²) in [7, 11) is 1.63. The number of halogens is 4. The van der Waals surface area contributed by atoms with Gasteiger partial charge in [0.25, 0.3) is 0 Å². The van der Waals surface area contributed by atoms with Gasteiger partial charge in [0, 0.05) is 29.5 Å². The van der Waals surface area contributed by atoms with E-state index in [1.54, 1.807) is 21.0 Å². The van der Waals surface area contributed by atoms with Crippen LogP contribution in [0.2, 0.25) is 4.34 Å². The van der Waals surface area contributed by atoms with E-state index in [-0.39, 0.29) is 5.41 Å². The van der Waals surface area contributed by atoms with E-state index in [0.29, 0.717) is 30.2 Å². The molecule has 0 bridgehead atoms. The summed E-state index contributed by atoms with van der Waals surface area (Å²) in [6, 6.07) is 0.909. The number of ether oxygens (including phenoxy) is 1. The first kappa shape index (κ1) is 20.5. The Morgan fingerprint density at radius 3 is 2.44 bits per heavy atom. The SMILES string of the molecule is COCCc1cc(Cl)sc1C1(C)CC(C)N(C(=O)C(F)(F)F)C(C)C1. The molecule has 2 rings (SSSR count). The minimum atomic E-state index is -4.84. The molecule has 0 aliphatic carbocycles. The van der Waals surface area contributed by atoms with Crippen LogP contribution < -0.4 is 0 Å². The highest BCUT2D eigenvalue weighted by atomic mass is 35.5. The average Bonchev–Trinajstić information content (AvgIpc) is 2.85. The van der Waals surface area contributed by atoms with E-state index < -0.39 is 24.2 Å². The Kier molecular flexibility index (Phi) is 6.11. The van der Waals surface area contributed by atoms with Crippen molar-refractivity contribution in [3.05, 3.63) is 20.8 Å². The van der Waals surface area contributed by atoms with Gasteiger partial charge in [0.05, 0.1) is 10.9 Å². The number of carbonyl (C=O) groups is 1. The number of methoxy groups -OCH3 is 1. The van der Waals surface area contributed by atoms with Gasteiger partial charge < -0.3 is 9.64 Å². The Morgan fingerprint density at radius 1 is 1.40 bits per heavy atom. The molecule has 8 heteroatoms. The van der Waals surface area contributed by atoms with Crippen molar-refractivity contribution >= 4 is 28.8 Å². The Hall–Kier alpha value is -0.790. The number of thiophene rings is 1. The van der Waals surface area contributed by atoms with Gasteiger partial charge in [-0.3, -0.25) is 4.79 Å². The van der Waals surface area contributed by atoms with Gasteiger partial charge in [-0.25, -0.2) is 0 Å². The standard InChI is InChI=1S/C17H23ClF3NO2S/c1-10-8-16(3,9-11(2)22(10)15(23)17(19,20)21)14-12(5-6-24-4)7-13(18)25-14/h7,10-11H,5-6,8-9H2,1-4H3. The van der Waals surface area contributed by atoms with Gasteiger partial charge in [-0.05, 0) is 44.7 Å². The molecular formula is C17H23ClF3NO2S. The third-order valence-corrected chi connectivity index (χ3v) is 6.43. The maximum atomic E-state index is 12.9. The van der Waals surface area contributed by atoms with Crippen LogP contribution in [-0.4, -0.2) is 42.8 Å². The van der Waals surface area contributed by atoms with Crippen LogP contribution in [0.5, 0.6) is 0 Å². The van der Waals surface area contributed by atoms with Crippen LogP contribution in [-0.2, 0) is 21.4 Å². The number of piperidine rings is 1. The van der Waals surface area contributed by atoms with E-state index in [2.05, 4.69) is 0 Å². The van der Waals surface area contributed by atoms with Gasteiger partial charge in [0.1, 0.15) is 0 Å². The van der Waals surface area contributed by atoms with Crippen LogP contribution >= 0.6 is 22.9 Å². The predicted molar refractivity (Wildman–Crippen MR) is 93.3 cm³/mol. The Bertz CT molecular complexity index is 620. The van der Waals surface area contributed by atoms with Crippen molar-refractivity contribution in [3.8, 4) is 0 Å². The van der Waals surface area contributed by atoms with Crippen LogP contribution in [0.3, 0.4) is 0 Å². The van der Waals surface area contributed by atoms with Crippen molar-refractivity contribution in [3.63, 3.8) is 0 Å². The van der Waals surface area contributed by atoms with Gasteiger partial charge in [-0.1, -0.05) is 18.5 Å². The first-order valence-corrected chi connectivity index (χ1v) is 9.36. The molecule has 2 heterocycles. The summed E-state index contributed by atoms with van der Waals surface area (Å²) in [5.74, 6) is -1.75. The second kappa shape index (κ2) is 7.45. The van der Waals surface area contributed by atoms with E-state index in [1.807, 2.05) is 13.0 Å². The van der Waals surface area contributed by atoms with Gasteiger partial charge >= 0.3 is 12.1 Å². The van der Waals surface area contributed by atoms with Crippen LogP contribution in [0.25, 0.3) is 0 Å². The molecular weight excluding hydrogens is 375 g/mol. The summed E-state index contributed by atoms with van der Waals surface area (Å²) in [6.45, 7) is 5.97. The zero-order valence-corrected chi connectivity index (χ0v) is 16.3. The monoisotopic (exact) mass is 397 g/mol. The summed E-state index contributed by atoms with van der Waals surface area (Å²) in [5, 5.41) is 0. The maximum absolute atomic E-state index is 12.9. The van der Waals surface area contributed by atoms with E-state index in [1.165, 1.54) is 11.3 Å². The highest BCUT2D eigenvalue weighted by Gasteiger charge is 2.50. The molecule has 1 aromatic heterocycles. The molecule has 142 valence electrons. The van der Waals surface area contributed by atoms with Crippen molar-refractivity contribution in [2.24, 2.45) is 0 Å². The van der Waals surface area contributed by atoms with E-state index in [4.69, 9.17) is 16.3 Å². The molecule has 2 unspecified atom stereocenters. The normalized spacial score (nSPS) is 27.6. The lowest BCUT2D eigenvalue weighted by molar-refractivity contribution is -0.192. The Labute approximate surface area is 155 Å². The highest BCUT2D eigenvalue weighted by molar-refractivity contribution is 7.16. The lowest BCUT2D eigenvalue weighted by Crippen LogP contribution is -2.57. The van der Waals surface area contributed by atoms with Crippen molar-refractivity contribution in [1.29, 1.82) is 0 Å². The molecule has 1 aliphatic heterocycles. The summed E-state index contributed by atoms with van der Waals surface area (Å²) in [5.41, 5.74) is 0.761. The topological polar surface area (TPSA) is 29.5 Å². The second-order valence-corrected chi connectivity index (χ2v) is 8.71. The number of nitrogens with zero attached hydrogens (tertiary/aromatic N) is 1. The molecule has 0 aromatic carbocycles. The summed E-state index contributed by atoms with van der Waals surface area (Å²) in [6.07, 6.45) is -3.20. The molecule has 1 amide bonds. The number of likely N-dealkylation sites (tertiary alicyclic amines) is 1. The minimum absolute atomic E-state index is 0.317. The Balaban J connectivity index is 2.29. The van der Waals surface area contributed by atoms with Gasteiger partial charge in [0.15, 0.2) is 0 Å². The largest absolute Gasteiger partial charge is 0.471 e. The summed E-state index contributed by atoms with van der Waals surface area (Å²) >= 11 is 7.68. The quantitative estimate of drug-likeness (QED) is 0.729. The number of carbonyl (C=O) groups excluding carboxylic acids is 1. The average molecular weight is 398 g/mol. The lowest BCUT2D eigenvalue weighted by atomic mass is 9.72. The number of amides is 1. The number of hydrogen-bond donors (Lipinski definition) is 0. The first-order chi connectivity index (χ1) is 11.5. The first-order valence-electron chi connectivity index (χ1n) is 8.16. The zero-order chi connectivity index (χ0) is 19.0. The molecule has 1 fully saturated rings. The molecule has 0 N–H and O–H groups in total. The van der Waals surface area contributed by atoms with Crippen LogP contribution in [0.15, 0.2) is 6.07 Å².